The van der Waals surface area contributed by atoms with E-state index in [1.165, 1.54) is 17.4 Å². The van der Waals surface area contributed by atoms with Crippen molar-refractivity contribution in [2.24, 2.45) is 0 Å². The van der Waals surface area contributed by atoms with Gasteiger partial charge in [0.15, 0.2) is 5.13 Å². The zero-order valence-corrected chi connectivity index (χ0v) is 8.44. The number of nitrogens with zero attached hydrogens (tertiary/aromatic N) is 1. The SMILES string of the molecule is Cc1ccc(Nc2nccs2)cc1F. The summed E-state index contributed by atoms with van der Waals surface area (Å²) in [6.45, 7) is 1.74. The zero-order chi connectivity index (χ0) is 9.97. The highest BCUT2D eigenvalue weighted by atomic mass is 32.1. The lowest BCUT2D eigenvalue weighted by molar-refractivity contribution is 0.619. The summed E-state index contributed by atoms with van der Waals surface area (Å²) in [6.07, 6.45) is 1.71. The zero-order valence-electron chi connectivity index (χ0n) is 7.62. The number of hydrogen-bond acceptors (Lipinski definition) is 3. The van der Waals surface area contributed by atoms with Crippen molar-refractivity contribution in [1.82, 2.24) is 4.98 Å². The Kier molecular flexibility index (Phi) is 2.45. The molecule has 0 aliphatic heterocycles. The summed E-state index contributed by atoms with van der Waals surface area (Å²) in [6, 6.07) is 5.04. The van der Waals surface area contributed by atoms with Gasteiger partial charge in [0.05, 0.1) is 0 Å². The molecule has 0 saturated carbocycles. The van der Waals surface area contributed by atoms with Crippen LogP contribution in [0.5, 0.6) is 0 Å². The molecule has 2 nitrogen and oxygen atoms in total. The lowest BCUT2D eigenvalue weighted by atomic mass is 10.2. The summed E-state index contributed by atoms with van der Waals surface area (Å²) in [5, 5.41) is 5.66. The van der Waals surface area contributed by atoms with E-state index in [9.17, 15) is 4.39 Å². The highest BCUT2D eigenvalue weighted by Gasteiger charge is 2.00. The van der Waals surface area contributed by atoms with Crippen molar-refractivity contribution in [1.29, 1.82) is 0 Å². The second-order valence-corrected chi connectivity index (χ2v) is 3.82. The maximum absolute atomic E-state index is 13.2. The number of aromatic nitrogens is 1. The van der Waals surface area contributed by atoms with Gasteiger partial charge in [-0.3, -0.25) is 0 Å². The Morgan fingerprint density at radius 2 is 2.29 bits per heavy atom. The Morgan fingerprint density at radius 3 is 2.93 bits per heavy atom. The third-order valence-electron chi connectivity index (χ3n) is 1.86. The molecule has 1 N–H and O–H groups in total. The fraction of sp³-hybridized carbons (Fsp3) is 0.100. The number of rotatable bonds is 2. The second-order valence-electron chi connectivity index (χ2n) is 2.93. The smallest absolute Gasteiger partial charge is 0.187 e. The molecule has 0 bridgehead atoms. The summed E-state index contributed by atoms with van der Waals surface area (Å²) >= 11 is 1.48. The third kappa shape index (κ3) is 1.90. The molecule has 72 valence electrons. The number of benzene rings is 1. The van der Waals surface area contributed by atoms with Crippen molar-refractivity contribution in [2.45, 2.75) is 6.92 Å². The minimum atomic E-state index is -0.202. The van der Waals surface area contributed by atoms with Gasteiger partial charge in [-0.15, -0.1) is 11.3 Å². The summed E-state index contributed by atoms with van der Waals surface area (Å²) in [5.41, 5.74) is 1.37. The average Bonchev–Trinajstić information content (AvgIpc) is 2.64. The van der Waals surface area contributed by atoms with Crippen LogP contribution < -0.4 is 5.32 Å². The normalized spacial score (nSPS) is 10.1. The van der Waals surface area contributed by atoms with Gasteiger partial charge < -0.3 is 5.32 Å². The Morgan fingerprint density at radius 1 is 1.43 bits per heavy atom. The monoisotopic (exact) mass is 208 g/mol. The van der Waals surface area contributed by atoms with Gasteiger partial charge in [0, 0.05) is 17.3 Å². The van der Waals surface area contributed by atoms with Gasteiger partial charge in [-0.2, -0.15) is 0 Å². The van der Waals surface area contributed by atoms with Gasteiger partial charge in [-0.05, 0) is 24.6 Å². The molecule has 0 aliphatic carbocycles. The topological polar surface area (TPSA) is 24.9 Å². The van der Waals surface area contributed by atoms with E-state index < -0.39 is 0 Å². The highest BCUT2D eigenvalue weighted by molar-refractivity contribution is 7.13. The average molecular weight is 208 g/mol. The molecule has 0 amide bonds. The molecule has 1 heterocycles. The first kappa shape index (κ1) is 9.15. The minimum Gasteiger partial charge on any atom is -0.331 e. The maximum atomic E-state index is 13.2. The van der Waals surface area contributed by atoms with E-state index >= 15 is 0 Å². The molecule has 2 aromatic rings. The molecule has 0 spiro atoms. The van der Waals surface area contributed by atoms with Gasteiger partial charge in [0.2, 0.25) is 0 Å². The van der Waals surface area contributed by atoms with E-state index in [0.717, 1.165) is 10.8 Å². The fourth-order valence-corrected chi connectivity index (χ4v) is 1.63. The van der Waals surface area contributed by atoms with Crippen LogP contribution in [0, 0.1) is 12.7 Å². The van der Waals surface area contributed by atoms with E-state index in [1.807, 2.05) is 11.4 Å². The lowest BCUT2D eigenvalue weighted by Crippen LogP contribution is -1.91. The molecular formula is C10H9FN2S. The Labute approximate surface area is 85.4 Å². The number of aryl methyl sites for hydroxylation is 1. The van der Waals surface area contributed by atoms with Crippen LogP contribution >= 0.6 is 11.3 Å². The number of thiazole rings is 1. The molecule has 0 fully saturated rings. The summed E-state index contributed by atoms with van der Waals surface area (Å²) in [7, 11) is 0. The Bertz CT molecular complexity index is 426. The summed E-state index contributed by atoms with van der Waals surface area (Å²) in [4.78, 5) is 4.05. The first-order valence-electron chi connectivity index (χ1n) is 4.18. The molecule has 14 heavy (non-hydrogen) atoms. The number of halogens is 1. The number of anilines is 2. The van der Waals surface area contributed by atoms with Crippen molar-refractivity contribution in [3.05, 3.63) is 41.2 Å². The molecule has 4 heteroatoms. The molecular weight excluding hydrogens is 199 g/mol. The Hall–Kier alpha value is -1.42. The van der Waals surface area contributed by atoms with E-state index in [1.54, 1.807) is 19.2 Å². The quantitative estimate of drug-likeness (QED) is 0.818. The van der Waals surface area contributed by atoms with E-state index in [0.29, 0.717) is 5.56 Å². The molecule has 0 saturated heterocycles. The predicted octanol–water partition coefficient (Wildman–Crippen LogP) is 3.33. The first-order chi connectivity index (χ1) is 6.75. The summed E-state index contributed by atoms with van der Waals surface area (Å²) in [5.74, 6) is -0.202. The van der Waals surface area contributed by atoms with Crippen LogP contribution in [0.3, 0.4) is 0 Å². The molecule has 1 aromatic heterocycles. The minimum absolute atomic E-state index is 0.202. The predicted molar refractivity (Wildman–Crippen MR) is 56.5 cm³/mol. The van der Waals surface area contributed by atoms with Crippen molar-refractivity contribution in [2.75, 3.05) is 5.32 Å². The number of nitrogens with one attached hydrogen (secondary N) is 1. The van der Waals surface area contributed by atoms with Gasteiger partial charge in [-0.1, -0.05) is 6.07 Å². The van der Waals surface area contributed by atoms with Crippen LogP contribution in [0.1, 0.15) is 5.56 Å². The molecule has 0 aliphatic rings. The largest absolute Gasteiger partial charge is 0.331 e. The van der Waals surface area contributed by atoms with Gasteiger partial charge >= 0.3 is 0 Å². The van der Waals surface area contributed by atoms with E-state index in [4.69, 9.17) is 0 Å². The first-order valence-corrected chi connectivity index (χ1v) is 5.06. The molecule has 1 aromatic carbocycles. The molecule has 0 unspecified atom stereocenters. The maximum Gasteiger partial charge on any atom is 0.187 e. The number of hydrogen-bond donors (Lipinski definition) is 1. The molecule has 0 radical (unpaired) electrons. The highest BCUT2D eigenvalue weighted by Crippen LogP contribution is 2.20. The molecule has 2 rings (SSSR count). The third-order valence-corrected chi connectivity index (χ3v) is 2.54. The van der Waals surface area contributed by atoms with Gasteiger partial charge in [0.1, 0.15) is 5.82 Å². The standard InChI is InChI=1S/C10H9FN2S/c1-7-2-3-8(6-9(7)11)13-10-12-4-5-14-10/h2-6H,1H3,(H,12,13). The second kappa shape index (κ2) is 3.75. The van der Waals surface area contributed by atoms with Crippen molar-refractivity contribution in [3.8, 4) is 0 Å². The molecule has 0 atom stereocenters. The van der Waals surface area contributed by atoms with Crippen LogP contribution in [0.4, 0.5) is 15.2 Å². The van der Waals surface area contributed by atoms with Crippen LogP contribution in [0.25, 0.3) is 0 Å². The van der Waals surface area contributed by atoms with Crippen molar-refractivity contribution in [3.63, 3.8) is 0 Å². The van der Waals surface area contributed by atoms with Crippen LogP contribution in [-0.4, -0.2) is 4.98 Å². The van der Waals surface area contributed by atoms with Crippen molar-refractivity contribution >= 4 is 22.2 Å². The summed E-state index contributed by atoms with van der Waals surface area (Å²) < 4.78 is 13.2. The Balaban J connectivity index is 2.22. The van der Waals surface area contributed by atoms with E-state index in [-0.39, 0.29) is 5.82 Å². The van der Waals surface area contributed by atoms with Gasteiger partial charge in [0.25, 0.3) is 0 Å². The van der Waals surface area contributed by atoms with Gasteiger partial charge in [-0.25, -0.2) is 9.37 Å². The van der Waals surface area contributed by atoms with Crippen LogP contribution in [-0.2, 0) is 0 Å². The van der Waals surface area contributed by atoms with E-state index in [2.05, 4.69) is 10.3 Å². The lowest BCUT2D eigenvalue weighted by Gasteiger charge is -2.03. The van der Waals surface area contributed by atoms with Crippen LogP contribution in [0.15, 0.2) is 29.8 Å². The van der Waals surface area contributed by atoms with Crippen LogP contribution in [0.2, 0.25) is 0 Å². The van der Waals surface area contributed by atoms with Crippen molar-refractivity contribution < 1.29 is 4.39 Å². The fourth-order valence-electron chi connectivity index (χ4n) is 1.08.